The molecule has 0 saturated carbocycles. The number of fused-ring (bicyclic) bond motifs is 1. The lowest BCUT2D eigenvalue weighted by Gasteiger charge is -2.16. The Morgan fingerprint density at radius 3 is 2.60 bits per heavy atom. The van der Waals surface area contributed by atoms with Crippen molar-refractivity contribution in [3.8, 4) is 0 Å². The summed E-state index contributed by atoms with van der Waals surface area (Å²) in [7, 11) is 2.11. The van der Waals surface area contributed by atoms with E-state index in [1.54, 1.807) is 0 Å². The molecule has 4 nitrogen and oxygen atoms in total. The van der Waals surface area contributed by atoms with Gasteiger partial charge in [0.2, 0.25) is 0 Å². The fourth-order valence-electron chi connectivity index (χ4n) is 3.18. The summed E-state index contributed by atoms with van der Waals surface area (Å²) in [5.41, 5.74) is 3.99. The number of carbonyl (C=O) groups is 1. The minimum absolute atomic E-state index is 0.000613. The summed E-state index contributed by atoms with van der Waals surface area (Å²) in [6, 6.07) is 18.4. The molecule has 25 heavy (non-hydrogen) atoms. The topological polar surface area (TPSA) is 48.1 Å². The van der Waals surface area contributed by atoms with Gasteiger partial charge in [0.15, 0.2) is 0 Å². The van der Waals surface area contributed by atoms with Crippen molar-refractivity contribution in [2.45, 2.75) is 19.9 Å². The van der Waals surface area contributed by atoms with Gasteiger partial charge in [-0.2, -0.15) is 0 Å². The molecule has 3 aromatic rings. The van der Waals surface area contributed by atoms with Crippen LogP contribution in [0.25, 0.3) is 10.9 Å². The van der Waals surface area contributed by atoms with Gasteiger partial charge in [0.25, 0.3) is 5.91 Å². The summed E-state index contributed by atoms with van der Waals surface area (Å²) in [5.74, 6) is 0.000613. The number of aryl methyl sites for hydroxylation is 1. The molecule has 2 aromatic carbocycles. The van der Waals surface area contributed by atoms with Crippen LogP contribution in [0.3, 0.4) is 0 Å². The van der Waals surface area contributed by atoms with Crippen molar-refractivity contribution in [1.82, 2.24) is 15.2 Å². The number of nitrogens with one attached hydrogen (secondary N) is 2. The Labute approximate surface area is 148 Å². The monoisotopic (exact) mass is 335 g/mol. The van der Waals surface area contributed by atoms with E-state index >= 15 is 0 Å². The zero-order valence-electron chi connectivity index (χ0n) is 14.9. The third-order valence-electron chi connectivity index (χ3n) is 4.42. The molecule has 1 aromatic heterocycles. The fourth-order valence-corrected chi connectivity index (χ4v) is 3.18. The summed E-state index contributed by atoms with van der Waals surface area (Å²) in [4.78, 5) is 18.1. The van der Waals surface area contributed by atoms with Gasteiger partial charge in [0.1, 0.15) is 0 Å². The SMILES string of the molecule is Cc1[nH]c2ccccc2c1C(=O)NCCCN(C)Cc1ccccc1. The van der Waals surface area contributed by atoms with E-state index in [4.69, 9.17) is 0 Å². The van der Waals surface area contributed by atoms with E-state index in [0.29, 0.717) is 6.54 Å². The van der Waals surface area contributed by atoms with Gasteiger partial charge in [-0.05, 0) is 38.6 Å². The van der Waals surface area contributed by atoms with Gasteiger partial charge < -0.3 is 15.2 Å². The lowest BCUT2D eigenvalue weighted by atomic mass is 10.1. The van der Waals surface area contributed by atoms with Gasteiger partial charge in [-0.15, -0.1) is 0 Å². The Hall–Kier alpha value is -2.59. The lowest BCUT2D eigenvalue weighted by Crippen LogP contribution is -2.28. The highest BCUT2D eigenvalue weighted by molar-refractivity contribution is 6.08. The number of aromatic amines is 1. The van der Waals surface area contributed by atoms with E-state index in [2.05, 4.69) is 46.5 Å². The largest absolute Gasteiger partial charge is 0.358 e. The minimum Gasteiger partial charge on any atom is -0.358 e. The number of nitrogens with zero attached hydrogens (tertiary/aromatic N) is 1. The Morgan fingerprint density at radius 2 is 1.80 bits per heavy atom. The molecular formula is C21H25N3O. The molecule has 2 N–H and O–H groups in total. The summed E-state index contributed by atoms with van der Waals surface area (Å²) in [6.07, 6.45) is 0.927. The third kappa shape index (κ3) is 4.28. The van der Waals surface area contributed by atoms with Gasteiger partial charge in [-0.3, -0.25) is 4.79 Å². The summed E-state index contributed by atoms with van der Waals surface area (Å²) in [5, 5.41) is 4.04. The smallest absolute Gasteiger partial charge is 0.253 e. The van der Waals surface area contributed by atoms with E-state index in [1.807, 2.05) is 37.3 Å². The number of carbonyl (C=O) groups excluding carboxylic acids is 1. The molecule has 0 spiro atoms. The number of hydrogen-bond acceptors (Lipinski definition) is 2. The second-order valence-corrected chi connectivity index (χ2v) is 6.50. The molecular weight excluding hydrogens is 310 g/mol. The first-order valence-corrected chi connectivity index (χ1v) is 8.73. The van der Waals surface area contributed by atoms with Crippen LogP contribution in [0.15, 0.2) is 54.6 Å². The van der Waals surface area contributed by atoms with Crippen LogP contribution in [0.4, 0.5) is 0 Å². The first-order valence-electron chi connectivity index (χ1n) is 8.73. The molecule has 0 bridgehead atoms. The van der Waals surface area contributed by atoms with E-state index in [9.17, 15) is 4.79 Å². The van der Waals surface area contributed by atoms with E-state index in [0.717, 1.165) is 41.7 Å². The minimum atomic E-state index is 0.000613. The molecule has 3 rings (SSSR count). The second-order valence-electron chi connectivity index (χ2n) is 6.50. The first-order chi connectivity index (χ1) is 12.1. The molecule has 0 aliphatic heterocycles. The molecule has 1 amide bonds. The van der Waals surface area contributed by atoms with Crippen LogP contribution in [-0.4, -0.2) is 35.9 Å². The molecule has 0 fully saturated rings. The van der Waals surface area contributed by atoms with Crippen LogP contribution in [0.1, 0.15) is 28.0 Å². The second kappa shape index (κ2) is 7.99. The highest BCUT2D eigenvalue weighted by atomic mass is 16.1. The van der Waals surface area contributed by atoms with Gasteiger partial charge in [0.05, 0.1) is 5.56 Å². The van der Waals surface area contributed by atoms with Crippen LogP contribution < -0.4 is 5.32 Å². The molecule has 0 aliphatic rings. The predicted octanol–water partition coefficient (Wildman–Crippen LogP) is 3.73. The molecule has 0 radical (unpaired) electrons. The summed E-state index contributed by atoms with van der Waals surface area (Å²) < 4.78 is 0. The maximum atomic E-state index is 12.5. The molecule has 4 heteroatoms. The first kappa shape index (κ1) is 17.2. The molecule has 0 saturated heterocycles. The number of amides is 1. The summed E-state index contributed by atoms with van der Waals surface area (Å²) in [6.45, 7) is 4.50. The average molecular weight is 335 g/mol. The third-order valence-corrected chi connectivity index (χ3v) is 4.42. The number of benzene rings is 2. The Balaban J connectivity index is 1.48. The van der Waals surface area contributed by atoms with Gasteiger partial charge in [-0.25, -0.2) is 0 Å². The van der Waals surface area contributed by atoms with E-state index < -0.39 is 0 Å². The number of aromatic nitrogens is 1. The maximum absolute atomic E-state index is 12.5. The number of hydrogen-bond donors (Lipinski definition) is 2. The summed E-state index contributed by atoms with van der Waals surface area (Å²) >= 11 is 0. The van der Waals surface area contributed by atoms with Crippen molar-refractivity contribution in [3.05, 3.63) is 71.4 Å². The molecule has 1 heterocycles. The Kier molecular flexibility index (Phi) is 5.51. The zero-order valence-corrected chi connectivity index (χ0v) is 14.9. The van der Waals surface area contributed by atoms with Crippen LogP contribution >= 0.6 is 0 Å². The van der Waals surface area contributed by atoms with Crippen LogP contribution in [-0.2, 0) is 6.54 Å². The highest BCUT2D eigenvalue weighted by Crippen LogP contribution is 2.21. The van der Waals surface area contributed by atoms with Gasteiger partial charge in [-0.1, -0.05) is 48.5 Å². The van der Waals surface area contributed by atoms with E-state index in [1.165, 1.54) is 5.56 Å². The fraction of sp³-hybridized carbons (Fsp3) is 0.286. The number of rotatable bonds is 7. The Bertz CT molecular complexity index is 839. The van der Waals surface area contributed by atoms with Crippen molar-refractivity contribution < 1.29 is 4.79 Å². The Morgan fingerprint density at radius 1 is 1.08 bits per heavy atom. The average Bonchev–Trinajstić information content (AvgIpc) is 2.95. The van der Waals surface area contributed by atoms with E-state index in [-0.39, 0.29) is 5.91 Å². The molecule has 0 atom stereocenters. The lowest BCUT2D eigenvalue weighted by molar-refractivity contribution is 0.0953. The van der Waals surface area contributed by atoms with Crippen LogP contribution in [0, 0.1) is 6.92 Å². The van der Waals surface area contributed by atoms with Crippen LogP contribution in [0.2, 0.25) is 0 Å². The molecule has 0 unspecified atom stereocenters. The standard InChI is InChI=1S/C21H25N3O/c1-16-20(18-11-6-7-12-19(18)23-16)21(25)22-13-8-14-24(2)15-17-9-4-3-5-10-17/h3-7,9-12,23H,8,13-15H2,1-2H3,(H,22,25). The number of para-hydroxylation sites is 1. The molecule has 130 valence electrons. The van der Waals surface area contributed by atoms with Crippen LogP contribution in [0.5, 0.6) is 0 Å². The van der Waals surface area contributed by atoms with Gasteiger partial charge >= 0.3 is 0 Å². The highest BCUT2D eigenvalue weighted by Gasteiger charge is 2.15. The normalized spacial score (nSPS) is 11.2. The zero-order chi connectivity index (χ0) is 17.6. The van der Waals surface area contributed by atoms with Crippen molar-refractivity contribution >= 4 is 16.8 Å². The van der Waals surface area contributed by atoms with Crippen molar-refractivity contribution in [1.29, 1.82) is 0 Å². The van der Waals surface area contributed by atoms with Crippen molar-refractivity contribution in [2.24, 2.45) is 0 Å². The quantitative estimate of drug-likeness (QED) is 0.646. The molecule has 0 aliphatic carbocycles. The van der Waals surface area contributed by atoms with Crippen molar-refractivity contribution in [3.63, 3.8) is 0 Å². The maximum Gasteiger partial charge on any atom is 0.253 e. The number of H-pyrrole nitrogens is 1. The predicted molar refractivity (Wildman–Crippen MR) is 103 cm³/mol. The van der Waals surface area contributed by atoms with Gasteiger partial charge in [0, 0.05) is 29.7 Å². The van der Waals surface area contributed by atoms with Crippen molar-refractivity contribution in [2.75, 3.05) is 20.1 Å².